The van der Waals surface area contributed by atoms with E-state index in [1.54, 1.807) is 49.4 Å². The second kappa shape index (κ2) is 10.4. The molecule has 5 nitrogen and oxygen atoms in total. The molecule has 28 heavy (non-hydrogen) atoms. The van der Waals surface area contributed by atoms with Crippen LogP contribution in [0, 0.1) is 0 Å². The molecule has 0 spiro atoms. The van der Waals surface area contributed by atoms with E-state index in [2.05, 4.69) is 10.1 Å². The second-order valence-corrected chi connectivity index (χ2v) is 6.03. The van der Waals surface area contributed by atoms with Crippen molar-refractivity contribution in [2.75, 3.05) is 6.61 Å². The predicted octanol–water partition coefficient (Wildman–Crippen LogP) is 4.53. The smallest absolute Gasteiger partial charge is 0.387 e. The van der Waals surface area contributed by atoms with E-state index in [9.17, 15) is 18.4 Å². The van der Waals surface area contributed by atoms with Crippen LogP contribution in [0.1, 0.15) is 48.7 Å². The summed E-state index contributed by atoms with van der Waals surface area (Å²) in [5, 5.41) is 2.76. The highest BCUT2D eigenvalue weighted by Gasteiger charge is 2.19. The zero-order valence-electron chi connectivity index (χ0n) is 15.8. The lowest BCUT2D eigenvalue weighted by atomic mass is 10.0. The Hall–Kier alpha value is -2.96. The van der Waals surface area contributed by atoms with E-state index in [4.69, 9.17) is 4.74 Å². The van der Waals surface area contributed by atoms with Gasteiger partial charge in [-0.3, -0.25) is 9.59 Å². The largest absolute Gasteiger partial charge is 0.484 e. The Bertz CT molecular complexity index is 793. The third-order valence-electron chi connectivity index (χ3n) is 4.12. The molecule has 0 radical (unpaired) electrons. The number of nitrogens with one attached hydrogen (secondary N) is 1. The summed E-state index contributed by atoms with van der Waals surface area (Å²) >= 11 is 0. The van der Waals surface area contributed by atoms with Gasteiger partial charge in [0.1, 0.15) is 11.5 Å². The van der Waals surface area contributed by atoms with E-state index in [0.717, 1.165) is 0 Å². The number of ketones is 1. The summed E-state index contributed by atoms with van der Waals surface area (Å²) in [7, 11) is 0. The predicted molar refractivity (Wildman–Crippen MR) is 101 cm³/mol. The number of para-hydroxylation sites is 1. The maximum atomic E-state index is 12.6. The van der Waals surface area contributed by atoms with Crippen LogP contribution in [0.4, 0.5) is 8.78 Å². The average molecular weight is 391 g/mol. The Morgan fingerprint density at radius 1 is 1.04 bits per heavy atom. The Kier molecular flexibility index (Phi) is 7.92. The van der Waals surface area contributed by atoms with Crippen LogP contribution in [-0.2, 0) is 4.79 Å². The first-order valence-electron chi connectivity index (χ1n) is 9.03. The fourth-order valence-corrected chi connectivity index (χ4v) is 2.70. The molecule has 2 aromatic rings. The third kappa shape index (κ3) is 6.04. The fraction of sp³-hybridized carbons (Fsp3) is 0.333. The number of alkyl halides is 2. The average Bonchev–Trinajstić information content (AvgIpc) is 2.70. The molecule has 1 unspecified atom stereocenters. The molecule has 150 valence electrons. The molecule has 0 saturated heterocycles. The maximum Gasteiger partial charge on any atom is 0.387 e. The summed E-state index contributed by atoms with van der Waals surface area (Å²) in [5.41, 5.74) is 1.06. The number of carbonyl (C=O) groups excluding carboxylic acids is 2. The number of carbonyl (C=O) groups is 2. The zero-order valence-corrected chi connectivity index (χ0v) is 15.8. The number of benzene rings is 2. The normalized spacial score (nSPS) is 11.8. The summed E-state index contributed by atoms with van der Waals surface area (Å²) in [5.74, 6) is 0.117. The fourth-order valence-electron chi connectivity index (χ4n) is 2.70. The van der Waals surface area contributed by atoms with Crippen molar-refractivity contribution in [1.82, 2.24) is 5.32 Å². The number of ether oxygens (including phenoxy) is 2. The van der Waals surface area contributed by atoms with Gasteiger partial charge in [-0.05, 0) is 36.8 Å². The minimum atomic E-state index is -2.94. The standard InChI is InChI=1S/C21H23F2NO4/c1-3-17(16-7-5-6-8-19(16)28-21(22)23)24-20(26)13-27-15-11-9-14(10-12-15)18(25)4-2/h5-12,17,21H,3-4,13H2,1-2H3,(H,24,26). The first kappa shape index (κ1) is 21.3. The molecule has 2 rings (SSSR count). The van der Waals surface area contributed by atoms with Crippen LogP contribution in [-0.4, -0.2) is 24.9 Å². The summed E-state index contributed by atoms with van der Waals surface area (Å²) in [6.45, 7) is 0.426. The van der Waals surface area contributed by atoms with Crippen LogP contribution in [0.3, 0.4) is 0 Å². The van der Waals surface area contributed by atoms with Crippen LogP contribution in [0.2, 0.25) is 0 Å². The van der Waals surface area contributed by atoms with Gasteiger partial charge in [0.2, 0.25) is 0 Å². The highest BCUT2D eigenvalue weighted by Crippen LogP contribution is 2.28. The topological polar surface area (TPSA) is 64.6 Å². The highest BCUT2D eigenvalue weighted by molar-refractivity contribution is 5.95. The van der Waals surface area contributed by atoms with Gasteiger partial charge in [-0.15, -0.1) is 0 Å². The molecule has 2 aromatic carbocycles. The summed E-state index contributed by atoms with van der Waals surface area (Å²) < 4.78 is 35.2. The number of rotatable bonds is 10. The van der Waals surface area contributed by atoms with Crippen LogP contribution in [0.5, 0.6) is 11.5 Å². The van der Waals surface area contributed by atoms with Gasteiger partial charge >= 0.3 is 6.61 Å². The van der Waals surface area contributed by atoms with Gasteiger partial charge in [0.25, 0.3) is 5.91 Å². The number of Topliss-reactive ketones (excluding diaryl/α,β-unsaturated/α-hetero) is 1. The van der Waals surface area contributed by atoms with E-state index >= 15 is 0 Å². The van der Waals surface area contributed by atoms with E-state index in [0.29, 0.717) is 29.7 Å². The monoisotopic (exact) mass is 391 g/mol. The Balaban J connectivity index is 1.97. The molecule has 0 saturated carbocycles. The van der Waals surface area contributed by atoms with Crippen molar-refractivity contribution in [2.24, 2.45) is 0 Å². The molecule has 0 aliphatic heterocycles. The van der Waals surface area contributed by atoms with E-state index in [1.807, 2.05) is 6.92 Å². The number of halogens is 2. The second-order valence-electron chi connectivity index (χ2n) is 6.03. The Morgan fingerprint density at radius 2 is 1.71 bits per heavy atom. The number of hydrogen-bond donors (Lipinski definition) is 1. The van der Waals surface area contributed by atoms with Gasteiger partial charge in [0.15, 0.2) is 12.4 Å². The van der Waals surface area contributed by atoms with Crippen molar-refractivity contribution in [3.05, 3.63) is 59.7 Å². The number of amides is 1. The van der Waals surface area contributed by atoms with Crippen molar-refractivity contribution in [3.8, 4) is 11.5 Å². The van der Waals surface area contributed by atoms with Crippen molar-refractivity contribution < 1.29 is 27.8 Å². The SMILES string of the molecule is CCC(=O)c1ccc(OCC(=O)NC(CC)c2ccccc2OC(F)F)cc1. The van der Waals surface area contributed by atoms with Gasteiger partial charge < -0.3 is 14.8 Å². The van der Waals surface area contributed by atoms with Crippen LogP contribution in [0.15, 0.2) is 48.5 Å². The molecule has 0 fully saturated rings. The molecular formula is C21H23F2NO4. The van der Waals surface area contributed by atoms with Crippen LogP contribution < -0.4 is 14.8 Å². The van der Waals surface area contributed by atoms with Crippen molar-refractivity contribution >= 4 is 11.7 Å². The molecule has 7 heteroatoms. The minimum Gasteiger partial charge on any atom is -0.484 e. The highest BCUT2D eigenvalue weighted by atomic mass is 19.3. The first-order chi connectivity index (χ1) is 13.4. The zero-order chi connectivity index (χ0) is 20.5. The van der Waals surface area contributed by atoms with Gasteiger partial charge in [0, 0.05) is 17.5 Å². The summed E-state index contributed by atoms with van der Waals surface area (Å²) in [6, 6.07) is 12.4. The van der Waals surface area contributed by atoms with E-state index < -0.39 is 18.6 Å². The summed E-state index contributed by atoms with van der Waals surface area (Å²) in [6.07, 6.45) is 0.904. The van der Waals surface area contributed by atoms with Crippen molar-refractivity contribution in [2.45, 2.75) is 39.3 Å². The van der Waals surface area contributed by atoms with Gasteiger partial charge in [-0.2, -0.15) is 8.78 Å². The summed E-state index contributed by atoms with van der Waals surface area (Å²) in [4.78, 5) is 23.8. The van der Waals surface area contributed by atoms with Crippen LogP contribution >= 0.6 is 0 Å². The lowest BCUT2D eigenvalue weighted by molar-refractivity contribution is -0.123. The lowest BCUT2D eigenvalue weighted by Gasteiger charge is -2.20. The van der Waals surface area contributed by atoms with E-state index in [1.165, 1.54) is 6.07 Å². The molecule has 1 amide bonds. The minimum absolute atomic E-state index is 0.0276. The van der Waals surface area contributed by atoms with Gasteiger partial charge in [-0.25, -0.2) is 0 Å². The molecule has 1 atom stereocenters. The van der Waals surface area contributed by atoms with Gasteiger partial charge in [-0.1, -0.05) is 32.0 Å². The Morgan fingerprint density at radius 3 is 2.32 bits per heavy atom. The molecule has 0 aromatic heterocycles. The molecule has 0 aliphatic carbocycles. The molecule has 0 heterocycles. The molecule has 1 N–H and O–H groups in total. The van der Waals surface area contributed by atoms with E-state index in [-0.39, 0.29) is 18.1 Å². The quantitative estimate of drug-likeness (QED) is 0.605. The first-order valence-corrected chi connectivity index (χ1v) is 9.03. The van der Waals surface area contributed by atoms with Gasteiger partial charge in [0.05, 0.1) is 6.04 Å². The Labute approximate surface area is 162 Å². The molecule has 0 aliphatic rings. The lowest BCUT2D eigenvalue weighted by Crippen LogP contribution is -2.32. The van der Waals surface area contributed by atoms with Crippen molar-refractivity contribution in [3.63, 3.8) is 0 Å². The molecule has 0 bridgehead atoms. The third-order valence-corrected chi connectivity index (χ3v) is 4.12. The number of hydrogen-bond acceptors (Lipinski definition) is 4. The van der Waals surface area contributed by atoms with Crippen molar-refractivity contribution in [1.29, 1.82) is 0 Å². The maximum absolute atomic E-state index is 12.6. The molecular weight excluding hydrogens is 368 g/mol. The van der Waals surface area contributed by atoms with Crippen LogP contribution in [0.25, 0.3) is 0 Å².